The molecule has 0 bridgehead atoms. The first kappa shape index (κ1) is 25.4. The molecule has 0 aliphatic heterocycles. The van der Waals surface area contributed by atoms with Crippen molar-refractivity contribution < 1.29 is 4.79 Å². The average molecular weight is 369 g/mol. The Balaban J connectivity index is 3.23. The van der Waals surface area contributed by atoms with Crippen molar-refractivity contribution >= 4 is 5.91 Å². The number of carbonyl (C=O) groups excluding carboxylic acids is 1. The largest absolute Gasteiger partial charge is 0.341 e. The number of nitrogens with one attached hydrogen (secondary N) is 1. The number of rotatable bonds is 19. The fourth-order valence-electron chi connectivity index (χ4n) is 3.35. The van der Waals surface area contributed by atoms with Gasteiger partial charge in [-0.3, -0.25) is 9.69 Å². The topological polar surface area (TPSA) is 32.3 Å². The molecule has 3 heteroatoms. The lowest BCUT2D eigenvalue weighted by Crippen LogP contribution is -2.44. The molecule has 0 saturated carbocycles. The monoisotopic (exact) mass is 368 g/mol. The summed E-state index contributed by atoms with van der Waals surface area (Å²) in [6, 6.07) is 0. The molecule has 0 fully saturated rings. The number of unbranched alkanes of at least 4 members (excludes halogenated alkanes) is 14. The van der Waals surface area contributed by atoms with Crippen LogP contribution in [0.25, 0.3) is 0 Å². The Kier molecular flexibility index (Phi) is 18.8. The minimum Gasteiger partial charge on any atom is -0.341 e. The molecule has 3 nitrogen and oxygen atoms in total. The van der Waals surface area contributed by atoms with E-state index in [9.17, 15) is 4.79 Å². The first-order valence-electron chi connectivity index (χ1n) is 11.6. The smallest absolute Gasteiger partial charge is 0.221 e. The number of carbonyl (C=O) groups is 1. The molecular weight excluding hydrogens is 320 g/mol. The third-order valence-corrected chi connectivity index (χ3v) is 5.54. The quantitative estimate of drug-likeness (QED) is 0.204. The zero-order valence-corrected chi connectivity index (χ0v) is 18.5. The Hall–Kier alpha value is -0.570. The van der Waals surface area contributed by atoms with E-state index >= 15 is 0 Å². The van der Waals surface area contributed by atoms with Crippen LogP contribution < -0.4 is 5.32 Å². The lowest BCUT2D eigenvalue weighted by atomic mass is 10.0. The van der Waals surface area contributed by atoms with Gasteiger partial charge < -0.3 is 5.32 Å². The maximum atomic E-state index is 11.9. The zero-order chi connectivity index (χ0) is 19.5. The molecule has 1 unspecified atom stereocenters. The van der Waals surface area contributed by atoms with Crippen LogP contribution >= 0.6 is 0 Å². The van der Waals surface area contributed by atoms with Crippen LogP contribution in [0.15, 0.2) is 0 Å². The maximum absolute atomic E-state index is 11.9. The van der Waals surface area contributed by atoms with Crippen LogP contribution in [0.1, 0.15) is 124 Å². The maximum Gasteiger partial charge on any atom is 0.221 e. The summed E-state index contributed by atoms with van der Waals surface area (Å²) in [7, 11) is 2.04. The van der Waals surface area contributed by atoms with Gasteiger partial charge in [0.25, 0.3) is 0 Å². The molecule has 26 heavy (non-hydrogen) atoms. The summed E-state index contributed by atoms with van der Waals surface area (Å²) < 4.78 is 0. The Morgan fingerprint density at radius 2 is 1.12 bits per heavy atom. The summed E-state index contributed by atoms with van der Waals surface area (Å²) in [6.07, 6.45) is 21.3. The van der Waals surface area contributed by atoms with Crippen LogP contribution in [0, 0.1) is 0 Å². The van der Waals surface area contributed by atoms with Crippen LogP contribution in [0.4, 0.5) is 0 Å². The third-order valence-electron chi connectivity index (χ3n) is 5.54. The normalized spacial score (nSPS) is 12.5. The van der Waals surface area contributed by atoms with E-state index in [4.69, 9.17) is 0 Å². The van der Waals surface area contributed by atoms with Gasteiger partial charge in [-0.2, -0.15) is 0 Å². The van der Waals surface area contributed by atoms with E-state index < -0.39 is 0 Å². The van der Waals surface area contributed by atoms with Crippen molar-refractivity contribution in [2.75, 3.05) is 13.6 Å². The second-order valence-corrected chi connectivity index (χ2v) is 8.02. The van der Waals surface area contributed by atoms with Gasteiger partial charge in [0, 0.05) is 6.42 Å². The van der Waals surface area contributed by atoms with Crippen molar-refractivity contribution in [1.82, 2.24) is 10.2 Å². The third kappa shape index (κ3) is 16.9. The summed E-state index contributed by atoms with van der Waals surface area (Å²) >= 11 is 0. The predicted octanol–water partition coefficient (Wildman–Crippen LogP) is 6.66. The second kappa shape index (κ2) is 19.2. The number of amides is 1. The highest BCUT2D eigenvalue weighted by Gasteiger charge is 2.09. The molecule has 1 amide bonds. The first-order valence-corrected chi connectivity index (χ1v) is 11.6. The second-order valence-electron chi connectivity index (χ2n) is 8.02. The predicted molar refractivity (Wildman–Crippen MR) is 115 cm³/mol. The highest BCUT2D eigenvalue weighted by molar-refractivity contribution is 5.76. The number of nitrogens with zero attached hydrogens (tertiary/aromatic N) is 1. The van der Waals surface area contributed by atoms with Crippen LogP contribution in [0.3, 0.4) is 0 Å². The molecule has 0 radical (unpaired) electrons. The minimum absolute atomic E-state index is 0.142. The molecule has 0 aliphatic carbocycles. The van der Waals surface area contributed by atoms with Crippen molar-refractivity contribution in [3.63, 3.8) is 0 Å². The molecule has 0 aromatic heterocycles. The average Bonchev–Trinajstić information content (AvgIpc) is 2.64. The van der Waals surface area contributed by atoms with Gasteiger partial charge in [0.2, 0.25) is 5.91 Å². The van der Waals surface area contributed by atoms with E-state index in [0.717, 1.165) is 13.0 Å². The lowest BCUT2D eigenvalue weighted by molar-refractivity contribution is -0.122. The summed E-state index contributed by atoms with van der Waals surface area (Å²) in [5.74, 6) is 0.201. The minimum atomic E-state index is 0.142. The summed E-state index contributed by atoms with van der Waals surface area (Å²) in [5, 5.41) is 3.07. The van der Waals surface area contributed by atoms with Gasteiger partial charge in [0.15, 0.2) is 0 Å². The summed E-state index contributed by atoms with van der Waals surface area (Å²) in [4.78, 5) is 14.0. The molecule has 0 aromatic rings. The van der Waals surface area contributed by atoms with Crippen molar-refractivity contribution in [3.8, 4) is 0 Å². The Morgan fingerprint density at radius 3 is 1.50 bits per heavy atom. The van der Waals surface area contributed by atoms with Gasteiger partial charge >= 0.3 is 0 Å². The molecule has 0 rings (SSSR count). The molecule has 0 aromatic carbocycles. The van der Waals surface area contributed by atoms with Crippen molar-refractivity contribution in [3.05, 3.63) is 0 Å². The van der Waals surface area contributed by atoms with E-state index in [1.807, 2.05) is 14.0 Å². The zero-order valence-electron chi connectivity index (χ0n) is 18.5. The molecule has 1 N–H and O–H groups in total. The van der Waals surface area contributed by atoms with Crippen molar-refractivity contribution in [2.24, 2.45) is 0 Å². The van der Waals surface area contributed by atoms with E-state index in [0.29, 0.717) is 6.42 Å². The van der Waals surface area contributed by atoms with Gasteiger partial charge in [-0.25, -0.2) is 0 Å². The van der Waals surface area contributed by atoms with Gasteiger partial charge in [-0.15, -0.1) is 0 Å². The Bertz CT molecular complexity index is 307. The number of hydrogen-bond acceptors (Lipinski definition) is 2. The van der Waals surface area contributed by atoms with Crippen LogP contribution in [-0.2, 0) is 4.79 Å². The van der Waals surface area contributed by atoms with E-state index in [1.165, 1.54) is 89.9 Å². The van der Waals surface area contributed by atoms with Gasteiger partial charge in [0.05, 0.1) is 6.17 Å². The van der Waals surface area contributed by atoms with Gasteiger partial charge in [0.1, 0.15) is 0 Å². The highest BCUT2D eigenvalue weighted by atomic mass is 16.1. The van der Waals surface area contributed by atoms with Gasteiger partial charge in [-0.1, -0.05) is 104 Å². The van der Waals surface area contributed by atoms with Crippen molar-refractivity contribution in [2.45, 2.75) is 130 Å². The van der Waals surface area contributed by atoms with Gasteiger partial charge in [-0.05, 0) is 26.9 Å². The van der Waals surface area contributed by atoms with E-state index in [2.05, 4.69) is 24.1 Å². The molecular formula is C23H48N2O. The van der Waals surface area contributed by atoms with Crippen molar-refractivity contribution in [1.29, 1.82) is 0 Å². The van der Waals surface area contributed by atoms with Crippen LogP contribution in [-0.4, -0.2) is 30.6 Å². The molecule has 1 atom stereocenters. The lowest BCUT2D eigenvalue weighted by Gasteiger charge is -2.23. The van der Waals surface area contributed by atoms with E-state index in [1.54, 1.807) is 0 Å². The molecule has 0 spiro atoms. The fraction of sp³-hybridized carbons (Fsp3) is 0.957. The molecule has 156 valence electrons. The highest BCUT2D eigenvalue weighted by Crippen LogP contribution is 2.13. The molecule has 0 aliphatic rings. The Morgan fingerprint density at radius 1 is 0.731 bits per heavy atom. The fourth-order valence-corrected chi connectivity index (χ4v) is 3.35. The number of hydrogen-bond donors (Lipinski definition) is 1. The van der Waals surface area contributed by atoms with Crippen LogP contribution in [0.5, 0.6) is 0 Å². The first-order chi connectivity index (χ1) is 12.6. The molecule has 0 heterocycles. The standard InChI is InChI=1S/C23H48N2O/c1-5-7-8-9-10-11-12-13-14-15-16-17-18-19-20-21-23(26)24-22(3)25(4)6-2/h22H,5-21H2,1-4H3,(H,24,26). The van der Waals surface area contributed by atoms with E-state index in [-0.39, 0.29) is 12.1 Å². The summed E-state index contributed by atoms with van der Waals surface area (Å²) in [5.41, 5.74) is 0. The molecule has 0 saturated heterocycles. The summed E-state index contributed by atoms with van der Waals surface area (Å²) in [6.45, 7) is 7.40. The Labute approximate surface area is 164 Å². The van der Waals surface area contributed by atoms with Crippen LogP contribution in [0.2, 0.25) is 0 Å². The SMILES string of the molecule is CCCCCCCCCCCCCCCCCC(=O)NC(C)N(C)CC.